The molecule has 1 aromatic heterocycles. The number of anilines is 2. The summed E-state index contributed by atoms with van der Waals surface area (Å²) in [5, 5.41) is 11.3. The molecule has 0 radical (unpaired) electrons. The second-order valence-corrected chi connectivity index (χ2v) is 6.21. The predicted molar refractivity (Wildman–Crippen MR) is 103 cm³/mol. The number of hydrogen-bond acceptors (Lipinski definition) is 5. The molecule has 7 nitrogen and oxygen atoms in total. The van der Waals surface area contributed by atoms with E-state index in [4.69, 9.17) is 0 Å². The largest absolute Gasteiger partial charge is 0.378 e. The van der Waals surface area contributed by atoms with Crippen LogP contribution >= 0.6 is 0 Å². The minimum Gasteiger partial charge on any atom is -0.378 e. The summed E-state index contributed by atoms with van der Waals surface area (Å²) in [6, 6.07) is 13.7. The van der Waals surface area contributed by atoms with Gasteiger partial charge < -0.3 is 10.2 Å². The lowest BCUT2D eigenvalue weighted by Gasteiger charge is -2.17. The molecular formula is C19H21N5O2. The first-order chi connectivity index (χ1) is 12.5. The molecule has 1 atom stereocenters. The van der Waals surface area contributed by atoms with Crippen LogP contribution in [0.4, 0.5) is 11.4 Å². The molecule has 0 bridgehead atoms. The van der Waals surface area contributed by atoms with Crippen LogP contribution in [0.1, 0.15) is 19.4 Å². The Labute approximate surface area is 151 Å². The Balaban J connectivity index is 1.87. The van der Waals surface area contributed by atoms with Crippen LogP contribution in [-0.2, 0) is 4.79 Å². The third kappa shape index (κ3) is 3.42. The summed E-state index contributed by atoms with van der Waals surface area (Å²) in [5.74, 6) is -0.295. The lowest BCUT2D eigenvalue weighted by atomic mass is 10.2. The SMILES string of the molecule is CC[C@H](C(=O)Nc1ccc(N(C)C)cc1)n1nnc2ccccc2c1=O. The predicted octanol–water partition coefficient (Wildman–Crippen LogP) is 2.45. The Morgan fingerprint density at radius 1 is 1.15 bits per heavy atom. The normalized spacial score (nSPS) is 12.0. The number of hydrogen-bond donors (Lipinski definition) is 1. The van der Waals surface area contributed by atoms with Crippen molar-refractivity contribution in [2.24, 2.45) is 0 Å². The summed E-state index contributed by atoms with van der Waals surface area (Å²) in [6.07, 6.45) is 0.425. The van der Waals surface area contributed by atoms with E-state index in [2.05, 4.69) is 15.6 Å². The topological polar surface area (TPSA) is 80.1 Å². The Bertz CT molecular complexity index is 979. The first-order valence-corrected chi connectivity index (χ1v) is 8.43. The molecule has 1 amide bonds. The molecule has 0 unspecified atom stereocenters. The Morgan fingerprint density at radius 2 is 1.85 bits per heavy atom. The highest BCUT2D eigenvalue weighted by molar-refractivity contribution is 5.94. The van der Waals surface area contributed by atoms with E-state index in [1.165, 1.54) is 0 Å². The first kappa shape index (κ1) is 17.6. The van der Waals surface area contributed by atoms with E-state index in [9.17, 15) is 9.59 Å². The number of amides is 1. The molecule has 0 spiro atoms. The van der Waals surface area contributed by atoms with Gasteiger partial charge in [-0.2, -0.15) is 4.68 Å². The van der Waals surface area contributed by atoms with Crippen LogP contribution in [-0.4, -0.2) is 35.0 Å². The molecule has 26 heavy (non-hydrogen) atoms. The molecule has 0 saturated heterocycles. The maximum atomic E-state index is 12.7. The highest BCUT2D eigenvalue weighted by atomic mass is 16.2. The number of aromatic nitrogens is 3. The van der Waals surface area contributed by atoms with E-state index < -0.39 is 6.04 Å². The Kier molecular flexibility index (Phi) is 4.97. The van der Waals surface area contributed by atoms with Crippen LogP contribution in [0.25, 0.3) is 10.9 Å². The van der Waals surface area contributed by atoms with Crippen molar-refractivity contribution in [3.63, 3.8) is 0 Å². The van der Waals surface area contributed by atoms with Gasteiger partial charge in [0, 0.05) is 25.5 Å². The number of fused-ring (bicyclic) bond motifs is 1. The molecule has 3 rings (SSSR count). The maximum Gasteiger partial charge on any atom is 0.278 e. The Morgan fingerprint density at radius 3 is 2.50 bits per heavy atom. The summed E-state index contributed by atoms with van der Waals surface area (Å²) in [6.45, 7) is 1.84. The van der Waals surface area contributed by atoms with E-state index >= 15 is 0 Å². The first-order valence-electron chi connectivity index (χ1n) is 8.43. The molecule has 1 N–H and O–H groups in total. The Hall–Kier alpha value is -3.22. The zero-order chi connectivity index (χ0) is 18.7. The highest BCUT2D eigenvalue weighted by Gasteiger charge is 2.22. The quantitative estimate of drug-likeness (QED) is 0.764. The maximum absolute atomic E-state index is 12.7. The number of nitrogens with one attached hydrogen (secondary N) is 1. The van der Waals surface area contributed by atoms with Crippen LogP contribution in [0.15, 0.2) is 53.3 Å². The summed E-state index contributed by atoms with van der Waals surface area (Å²) in [7, 11) is 3.90. The third-order valence-corrected chi connectivity index (χ3v) is 4.23. The fourth-order valence-corrected chi connectivity index (χ4v) is 2.74. The van der Waals surface area contributed by atoms with Gasteiger partial charge >= 0.3 is 0 Å². The van der Waals surface area contributed by atoms with Gasteiger partial charge in [-0.15, -0.1) is 5.10 Å². The number of carbonyl (C=O) groups is 1. The number of benzene rings is 2. The fourth-order valence-electron chi connectivity index (χ4n) is 2.74. The molecular weight excluding hydrogens is 330 g/mol. The lowest BCUT2D eigenvalue weighted by molar-refractivity contribution is -0.119. The smallest absolute Gasteiger partial charge is 0.278 e. The van der Waals surface area contributed by atoms with Gasteiger partial charge in [-0.05, 0) is 42.8 Å². The van der Waals surface area contributed by atoms with E-state index in [1.54, 1.807) is 24.3 Å². The van der Waals surface area contributed by atoms with Crippen molar-refractivity contribution in [3.8, 4) is 0 Å². The van der Waals surface area contributed by atoms with Crippen LogP contribution in [0.5, 0.6) is 0 Å². The van der Waals surface area contributed by atoms with Gasteiger partial charge in [-0.1, -0.05) is 24.3 Å². The zero-order valence-corrected chi connectivity index (χ0v) is 15.0. The fraction of sp³-hybridized carbons (Fsp3) is 0.263. The van der Waals surface area contributed by atoms with Crippen LogP contribution < -0.4 is 15.8 Å². The van der Waals surface area contributed by atoms with Gasteiger partial charge in [0.15, 0.2) is 0 Å². The van der Waals surface area contributed by atoms with Crippen LogP contribution in [0.2, 0.25) is 0 Å². The van der Waals surface area contributed by atoms with Gasteiger partial charge in [0.1, 0.15) is 11.6 Å². The van der Waals surface area contributed by atoms with Crippen molar-refractivity contribution in [2.45, 2.75) is 19.4 Å². The van der Waals surface area contributed by atoms with Crippen molar-refractivity contribution in [1.29, 1.82) is 0 Å². The van der Waals surface area contributed by atoms with Gasteiger partial charge in [0.05, 0.1) is 5.39 Å². The van der Waals surface area contributed by atoms with Gasteiger partial charge in [0.2, 0.25) is 5.91 Å². The van der Waals surface area contributed by atoms with Crippen molar-refractivity contribution in [1.82, 2.24) is 15.0 Å². The standard InChI is InChI=1S/C19H21N5O2/c1-4-17(18(25)20-13-9-11-14(12-10-13)23(2)3)24-19(26)15-7-5-6-8-16(15)21-22-24/h5-12,17H,4H2,1-3H3,(H,20,25)/t17-/m1/s1. The minimum atomic E-state index is -0.729. The average molecular weight is 351 g/mol. The molecule has 2 aromatic carbocycles. The molecule has 134 valence electrons. The molecule has 0 aliphatic heterocycles. The van der Waals surface area contributed by atoms with Crippen LogP contribution in [0, 0.1) is 0 Å². The van der Waals surface area contributed by atoms with Crippen LogP contribution in [0.3, 0.4) is 0 Å². The molecule has 0 aliphatic carbocycles. The molecule has 7 heteroatoms. The second-order valence-electron chi connectivity index (χ2n) is 6.21. The number of carbonyl (C=O) groups excluding carboxylic acids is 1. The second kappa shape index (κ2) is 7.35. The molecule has 0 saturated carbocycles. The molecule has 3 aromatic rings. The van der Waals surface area contributed by atoms with E-state index in [-0.39, 0.29) is 11.5 Å². The van der Waals surface area contributed by atoms with Crippen molar-refractivity contribution in [2.75, 3.05) is 24.3 Å². The molecule has 0 aliphatic rings. The number of nitrogens with zero attached hydrogens (tertiary/aromatic N) is 4. The summed E-state index contributed by atoms with van der Waals surface area (Å²) >= 11 is 0. The monoisotopic (exact) mass is 351 g/mol. The van der Waals surface area contributed by atoms with Gasteiger partial charge in [-0.25, -0.2) is 0 Å². The van der Waals surface area contributed by atoms with Crippen molar-refractivity contribution < 1.29 is 4.79 Å². The third-order valence-electron chi connectivity index (χ3n) is 4.23. The lowest BCUT2D eigenvalue weighted by Crippen LogP contribution is -2.35. The average Bonchev–Trinajstić information content (AvgIpc) is 2.65. The summed E-state index contributed by atoms with van der Waals surface area (Å²) in [5.41, 5.74) is 1.90. The minimum absolute atomic E-state index is 0.295. The van der Waals surface area contributed by atoms with Crippen molar-refractivity contribution in [3.05, 3.63) is 58.9 Å². The molecule has 0 fully saturated rings. The molecule has 1 heterocycles. The summed E-state index contributed by atoms with van der Waals surface area (Å²) in [4.78, 5) is 27.4. The van der Waals surface area contributed by atoms with E-state index in [0.29, 0.717) is 23.0 Å². The van der Waals surface area contributed by atoms with Gasteiger partial charge in [0.25, 0.3) is 5.56 Å². The van der Waals surface area contributed by atoms with Gasteiger partial charge in [-0.3, -0.25) is 9.59 Å². The van der Waals surface area contributed by atoms with E-state index in [0.717, 1.165) is 10.4 Å². The highest BCUT2D eigenvalue weighted by Crippen LogP contribution is 2.18. The zero-order valence-electron chi connectivity index (χ0n) is 15.0. The van der Waals surface area contributed by atoms with E-state index in [1.807, 2.05) is 50.2 Å². The summed E-state index contributed by atoms with van der Waals surface area (Å²) < 4.78 is 1.16. The number of rotatable bonds is 5. The van der Waals surface area contributed by atoms with Crippen molar-refractivity contribution >= 4 is 28.2 Å².